The smallest absolute Gasteiger partial charge is 0.224 e. The molecule has 0 aliphatic rings. The Kier molecular flexibility index (Phi) is 5.58. The van der Waals surface area contributed by atoms with Gasteiger partial charge < -0.3 is 10.6 Å². The number of nitrogens with one attached hydrogen (secondary N) is 2. The minimum atomic E-state index is 0.593. The van der Waals surface area contributed by atoms with Gasteiger partial charge in [0.25, 0.3) is 0 Å². The summed E-state index contributed by atoms with van der Waals surface area (Å²) in [6.07, 6.45) is 6.22. The molecule has 5 nitrogen and oxygen atoms in total. The van der Waals surface area contributed by atoms with Gasteiger partial charge in [-0.3, -0.25) is 4.98 Å². The molecular formula is C18H18ClN5. The van der Waals surface area contributed by atoms with Crippen LogP contribution in [0.15, 0.2) is 61.1 Å². The molecule has 0 saturated carbocycles. The number of aromatic nitrogens is 3. The molecule has 2 aromatic heterocycles. The lowest BCUT2D eigenvalue weighted by Crippen LogP contribution is -2.09. The molecule has 3 aromatic rings. The second-order valence-corrected chi connectivity index (χ2v) is 5.72. The first kappa shape index (κ1) is 16.2. The van der Waals surface area contributed by atoms with Gasteiger partial charge in [-0.05, 0) is 41.8 Å². The first-order valence-electron chi connectivity index (χ1n) is 7.74. The Balaban J connectivity index is 1.50. The van der Waals surface area contributed by atoms with Gasteiger partial charge in [-0.1, -0.05) is 29.8 Å². The summed E-state index contributed by atoms with van der Waals surface area (Å²) in [6.45, 7) is 1.43. The second kappa shape index (κ2) is 8.26. The highest BCUT2D eigenvalue weighted by molar-refractivity contribution is 6.30. The number of pyridine rings is 1. The van der Waals surface area contributed by atoms with E-state index in [0.29, 0.717) is 12.5 Å². The third-order valence-electron chi connectivity index (χ3n) is 3.46. The Hall–Kier alpha value is -2.66. The fourth-order valence-corrected chi connectivity index (χ4v) is 2.34. The van der Waals surface area contributed by atoms with Crippen LogP contribution in [0.25, 0.3) is 0 Å². The van der Waals surface area contributed by atoms with E-state index in [1.54, 1.807) is 12.4 Å². The predicted molar refractivity (Wildman–Crippen MR) is 97.2 cm³/mol. The maximum Gasteiger partial charge on any atom is 0.224 e. The molecule has 0 aliphatic carbocycles. The van der Waals surface area contributed by atoms with E-state index in [0.717, 1.165) is 29.4 Å². The summed E-state index contributed by atoms with van der Waals surface area (Å²) in [6, 6.07) is 13.7. The van der Waals surface area contributed by atoms with Crippen molar-refractivity contribution in [2.75, 3.05) is 17.2 Å². The third kappa shape index (κ3) is 4.93. The average molecular weight is 340 g/mol. The van der Waals surface area contributed by atoms with Crippen LogP contribution in [0.3, 0.4) is 0 Å². The molecule has 122 valence electrons. The Bertz CT molecular complexity index is 762. The van der Waals surface area contributed by atoms with Crippen LogP contribution in [0.5, 0.6) is 0 Å². The lowest BCUT2D eigenvalue weighted by Gasteiger charge is -2.08. The number of hydrogen-bond donors (Lipinski definition) is 2. The van der Waals surface area contributed by atoms with E-state index >= 15 is 0 Å². The molecule has 0 radical (unpaired) electrons. The van der Waals surface area contributed by atoms with Crippen LogP contribution in [0.4, 0.5) is 11.8 Å². The van der Waals surface area contributed by atoms with Gasteiger partial charge in [0.2, 0.25) is 5.95 Å². The molecule has 2 N–H and O–H groups in total. The largest absolute Gasteiger partial charge is 0.370 e. The van der Waals surface area contributed by atoms with Gasteiger partial charge in [0.15, 0.2) is 0 Å². The van der Waals surface area contributed by atoms with Crippen molar-refractivity contribution < 1.29 is 0 Å². The zero-order chi connectivity index (χ0) is 16.6. The molecule has 0 amide bonds. The Morgan fingerprint density at radius 2 is 1.79 bits per heavy atom. The lowest BCUT2D eigenvalue weighted by molar-refractivity contribution is 0.990. The number of rotatable bonds is 7. The van der Waals surface area contributed by atoms with Crippen molar-refractivity contribution in [2.24, 2.45) is 0 Å². The van der Waals surface area contributed by atoms with Gasteiger partial charge in [0.05, 0.1) is 0 Å². The van der Waals surface area contributed by atoms with E-state index in [9.17, 15) is 0 Å². The van der Waals surface area contributed by atoms with E-state index in [-0.39, 0.29) is 0 Å². The maximum atomic E-state index is 5.89. The Morgan fingerprint density at radius 1 is 0.917 bits per heavy atom. The molecule has 0 fully saturated rings. The van der Waals surface area contributed by atoms with Crippen LogP contribution in [-0.4, -0.2) is 21.5 Å². The summed E-state index contributed by atoms with van der Waals surface area (Å²) in [5, 5.41) is 7.27. The van der Waals surface area contributed by atoms with Crippen molar-refractivity contribution >= 4 is 23.4 Å². The minimum absolute atomic E-state index is 0.593. The van der Waals surface area contributed by atoms with E-state index in [4.69, 9.17) is 11.6 Å². The van der Waals surface area contributed by atoms with E-state index < -0.39 is 0 Å². The van der Waals surface area contributed by atoms with Gasteiger partial charge >= 0.3 is 0 Å². The highest BCUT2D eigenvalue weighted by Gasteiger charge is 2.00. The van der Waals surface area contributed by atoms with Crippen molar-refractivity contribution in [3.63, 3.8) is 0 Å². The first-order valence-corrected chi connectivity index (χ1v) is 8.11. The number of nitrogens with zero attached hydrogens (tertiary/aromatic N) is 3. The van der Waals surface area contributed by atoms with Crippen LogP contribution in [0.2, 0.25) is 5.02 Å². The van der Waals surface area contributed by atoms with Gasteiger partial charge in [0.1, 0.15) is 5.82 Å². The van der Waals surface area contributed by atoms with Crippen LogP contribution in [0.1, 0.15) is 11.1 Å². The number of benzene rings is 1. The quantitative estimate of drug-likeness (QED) is 0.685. The van der Waals surface area contributed by atoms with Crippen LogP contribution >= 0.6 is 11.6 Å². The highest BCUT2D eigenvalue weighted by Crippen LogP contribution is 2.11. The highest BCUT2D eigenvalue weighted by atomic mass is 35.5. The van der Waals surface area contributed by atoms with Crippen LogP contribution in [0, 0.1) is 0 Å². The van der Waals surface area contributed by atoms with Gasteiger partial charge in [-0.2, -0.15) is 4.98 Å². The number of anilines is 2. The average Bonchev–Trinajstić information content (AvgIpc) is 2.63. The van der Waals surface area contributed by atoms with Crippen molar-refractivity contribution in [3.05, 3.63) is 77.2 Å². The summed E-state index contributed by atoms with van der Waals surface area (Å²) >= 11 is 5.89. The molecular weight excluding hydrogens is 322 g/mol. The Morgan fingerprint density at radius 3 is 2.58 bits per heavy atom. The van der Waals surface area contributed by atoms with Crippen molar-refractivity contribution in [1.82, 2.24) is 15.0 Å². The summed E-state index contributed by atoms with van der Waals surface area (Å²) < 4.78 is 0. The van der Waals surface area contributed by atoms with Gasteiger partial charge in [-0.15, -0.1) is 0 Å². The summed E-state index contributed by atoms with van der Waals surface area (Å²) in [7, 11) is 0. The monoisotopic (exact) mass is 339 g/mol. The summed E-state index contributed by atoms with van der Waals surface area (Å²) in [5.41, 5.74) is 2.32. The standard InChI is InChI=1S/C18H18ClN5/c19-16-5-3-14(4-6-16)7-10-21-17-8-11-22-18(24-17)23-13-15-2-1-9-20-12-15/h1-6,8-9,11-12H,7,10,13H2,(H2,21,22,23,24). The van der Waals surface area contributed by atoms with Crippen molar-refractivity contribution in [1.29, 1.82) is 0 Å². The van der Waals surface area contributed by atoms with E-state index in [2.05, 4.69) is 25.6 Å². The fourth-order valence-electron chi connectivity index (χ4n) is 2.21. The fraction of sp³-hybridized carbons (Fsp3) is 0.167. The topological polar surface area (TPSA) is 62.7 Å². The molecule has 0 atom stereocenters. The molecule has 24 heavy (non-hydrogen) atoms. The predicted octanol–water partition coefficient (Wildman–Crippen LogP) is 3.79. The Labute approximate surface area is 146 Å². The van der Waals surface area contributed by atoms with Crippen LogP contribution in [-0.2, 0) is 13.0 Å². The molecule has 3 rings (SSSR count). The van der Waals surface area contributed by atoms with Crippen LogP contribution < -0.4 is 10.6 Å². The molecule has 0 bridgehead atoms. The first-order chi connectivity index (χ1) is 11.8. The van der Waals surface area contributed by atoms with Gasteiger partial charge in [-0.25, -0.2) is 4.98 Å². The molecule has 0 spiro atoms. The molecule has 0 aliphatic heterocycles. The molecule has 2 heterocycles. The molecule has 1 aromatic carbocycles. The SMILES string of the molecule is Clc1ccc(CCNc2ccnc(NCc3cccnc3)n2)cc1. The van der Waals surface area contributed by atoms with E-state index in [1.165, 1.54) is 5.56 Å². The zero-order valence-corrected chi connectivity index (χ0v) is 13.9. The summed E-state index contributed by atoms with van der Waals surface area (Å²) in [5.74, 6) is 1.39. The lowest BCUT2D eigenvalue weighted by atomic mass is 10.1. The third-order valence-corrected chi connectivity index (χ3v) is 3.71. The summed E-state index contributed by atoms with van der Waals surface area (Å²) in [4.78, 5) is 12.8. The number of hydrogen-bond acceptors (Lipinski definition) is 5. The molecule has 0 saturated heterocycles. The van der Waals surface area contributed by atoms with Gasteiger partial charge in [0, 0.05) is 36.7 Å². The van der Waals surface area contributed by atoms with E-state index in [1.807, 2.05) is 48.7 Å². The maximum absolute atomic E-state index is 5.89. The zero-order valence-electron chi connectivity index (χ0n) is 13.1. The minimum Gasteiger partial charge on any atom is -0.370 e. The van der Waals surface area contributed by atoms with Crippen molar-refractivity contribution in [3.8, 4) is 0 Å². The molecule has 6 heteroatoms. The second-order valence-electron chi connectivity index (χ2n) is 5.28. The molecule has 0 unspecified atom stereocenters. The normalized spacial score (nSPS) is 10.4. The van der Waals surface area contributed by atoms with Crippen molar-refractivity contribution in [2.45, 2.75) is 13.0 Å². The number of halogens is 1.